The van der Waals surface area contributed by atoms with E-state index >= 15 is 0 Å². The van der Waals surface area contributed by atoms with E-state index in [0.717, 1.165) is 11.1 Å². The highest BCUT2D eigenvalue weighted by Crippen LogP contribution is 2.32. The second-order valence-electron chi connectivity index (χ2n) is 6.40. The third kappa shape index (κ3) is 5.03. The molecule has 1 heterocycles. The summed E-state index contributed by atoms with van der Waals surface area (Å²) in [7, 11) is 0. The van der Waals surface area contributed by atoms with Gasteiger partial charge in [0, 0.05) is 17.7 Å². The lowest BCUT2D eigenvalue weighted by molar-refractivity contribution is -0.384. The van der Waals surface area contributed by atoms with Gasteiger partial charge in [0.15, 0.2) is 6.61 Å². The monoisotopic (exact) mass is 427 g/mol. The predicted octanol–water partition coefficient (Wildman–Crippen LogP) is 4.65. The van der Waals surface area contributed by atoms with E-state index in [-0.39, 0.29) is 17.3 Å². The van der Waals surface area contributed by atoms with Crippen LogP contribution in [0.15, 0.2) is 58.0 Å². The van der Waals surface area contributed by atoms with E-state index in [1.807, 2.05) is 26.0 Å². The first-order valence-electron chi connectivity index (χ1n) is 8.90. The number of amides is 1. The Hall–Kier alpha value is -3.65. The largest absolute Gasteiger partial charge is 0.483 e. The summed E-state index contributed by atoms with van der Waals surface area (Å²) in [6, 6.07) is 13.0. The van der Waals surface area contributed by atoms with Crippen molar-refractivity contribution in [1.82, 2.24) is 5.43 Å². The summed E-state index contributed by atoms with van der Waals surface area (Å²) in [5, 5.41) is 14.8. The molecule has 0 saturated heterocycles. The minimum absolute atomic E-state index is 0.108. The van der Waals surface area contributed by atoms with Gasteiger partial charge in [-0.2, -0.15) is 5.10 Å². The summed E-state index contributed by atoms with van der Waals surface area (Å²) in [6.45, 7) is 3.71. The second-order valence-corrected chi connectivity index (χ2v) is 6.81. The number of nitrogens with one attached hydrogen (secondary N) is 1. The van der Waals surface area contributed by atoms with Crippen LogP contribution in [0, 0.1) is 24.0 Å². The molecule has 1 aromatic heterocycles. The molecule has 0 aliphatic heterocycles. The maximum Gasteiger partial charge on any atom is 0.277 e. The van der Waals surface area contributed by atoms with Crippen molar-refractivity contribution in [1.29, 1.82) is 0 Å². The van der Waals surface area contributed by atoms with Gasteiger partial charge in [0.05, 0.1) is 16.2 Å². The van der Waals surface area contributed by atoms with Crippen LogP contribution >= 0.6 is 11.6 Å². The standard InChI is InChI=1S/C21H18ClN3O5/c1-13-4-3-5-19(14(13)2)29-12-21(26)24-23-11-16-7-9-20(30-16)17-8-6-15(25(27)28)10-18(17)22/h3-11H,12H2,1-2H3,(H,24,26)/b23-11+. The van der Waals surface area contributed by atoms with E-state index in [1.54, 1.807) is 18.2 Å². The van der Waals surface area contributed by atoms with E-state index in [4.69, 9.17) is 20.8 Å². The maximum atomic E-state index is 11.9. The Morgan fingerprint density at radius 3 is 2.80 bits per heavy atom. The smallest absolute Gasteiger partial charge is 0.277 e. The molecule has 2 aromatic carbocycles. The van der Waals surface area contributed by atoms with Crippen LogP contribution in [0.3, 0.4) is 0 Å². The topological polar surface area (TPSA) is 107 Å². The van der Waals surface area contributed by atoms with Gasteiger partial charge in [0.1, 0.15) is 17.3 Å². The van der Waals surface area contributed by atoms with Crippen LogP contribution in [-0.4, -0.2) is 23.7 Å². The molecule has 0 saturated carbocycles. The number of carbonyl (C=O) groups is 1. The van der Waals surface area contributed by atoms with Gasteiger partial charge in [0.25, 0.3) is 11.6 Å². The van der Waals surface area contributed by atoms with Crippen LogP contribution in [0.5, 0.6) is 5.75 Å². The molecule has 0 aliphatic carbocycles. The molecule has 0 unspecified atom stereocenters. The van der Waals surface area contributed by atoms with Crippen molar-refractivity contribution in [2.24, 2.45) is 5.10 Å². The lowest BCUT2D eigenvalue weighted by atomic mass is 10.1. The minimum Gasteiger partial charge on any atom is -0.483 e. The average Bonchev–Trinajstić information content (AvgIpc) is 3.17. The quantitative estimate of drug-likeness (QED) is 0.335. The van der Waals surface area contributed by atoms with Crippen LogP contribution in [0.25, 0.3) is 11.3 Å². The highest BCUT2D eigenvalue weighted by Gasteiger charge is 2.13. The van der Waals surface area contributed by atoms with Gasteiger partial charge in [0.2, 0.25) is 0 Å². The Morgan fingerprint density at radius 2 is 2.07 bits per heavy atom. The van der Waals surface area contributed by atoms with Crippen molar-refractivity contribution in [2.75, 3.05) is 6.61 Å². The molecule has 1 amide bonds. The Labute approximate surface area is 177 Å². The van der Waals surface area contributed by atoms with Crippen LogP contribution in [0.2, 0.25) is 5.02 Å². The number of nitro benzene ring substituents is 1. The number of benzene rings is 2. The third-order valence-corrected chi connectivity index (χ3v) is 4.66. The highest BCUT2D eigenvalue weighted by atomic mass is 35.5. The number of ether oxygens (including phenoxy) is 1. The fraction of sp³-hybridized carbons (Fsp3) is 0.143. The van der Waals surface area contributed by atoms with Gasteiger partial charge in [-0.15, -0.1) is 0 Å². The SMILES string of the molecule is Cc1cccc(OCC(=O)N/N=C/c2ccc(-c3ccc([N+](=O)[O-])cc3Cl)o2)c1C. The average molecular weight is 428 g/mol. The number of hydrazone groups is 1. The number of rotatable bonds is 7. The van der Waals surface area contributed by atoms with Crippen molar-refractivity contribution in [3.63, 3.8) is 0 Å². The van der Waals surface area contributed by atoms with Crippen molar-refractivity contribution in [3.8, 4) is 17.1 Å². The Balaban J connectivity index is 1.57. The zero-order valence-electron chi connectivity index (χ0n) is 16.2. The number of nitrogens with zero attached hydrogens (tertiary/aromatic N) is 2. The summed E-state index contributed by atoms with van der Waals surface area (Å²) >= 11 is 6.10. The Morgan fingerprint density at radius 1 is 1.27 bits per heavy atom. The first-order chi connectivity index (χ1) is 14.3. The summed E-state index contributed by atoms with van der Waals surface area (Å²) in [5.74, 6) is 1.01. The lowest BCUT2D eigenvalue weighted by Gasteiger charge is -2.09. The zero-order chi connectivity index (χ0) is 21.7. The molecule has 0 fully saturated rings. The van der Waals surface area contributed by atoms with Gasteiger partial charge >= 0.3 is 0 Å². The molecule has 0 atom stereocenters. The molecule has 30 heavy (non-hydrogen) atoms. The summed E-state index contributed by atoms with van der Waals surface area (Å²) < 4.78 is 11.1. The second kappa shape index (κ2) is 9.23. The number of halogens is 1. The number of hydrogen-bond donors (Lipinski definition) is 1. The van der Waals surface area contributed by atoms with Crippen LogP contribution in [-0.2, 0) is 4.79 Å². The molecule has 1 N–H and O–H groups in total. The number of non-ortho nitro benzene ring substituents is 1. The molecule has 0 radical (unpaired) electrons. The van der Waals surface area contributed by atoms with Gasteiger partial charge in [-0.25, -0.2) is 5.43 Å². The predicted molar refractivity (Wildman–Crippen MR) is 113 cm³/mol. The molecule has 3 rings (SSSR count). The molecule has 0 bridgehead atoms. The van der Waals surface area contributed by atoms with Crippen LogP contribution < -0.4 is 10.2 Å². The molecule has 8 nitrogen and oxygen atoms in total. The number of carbonyl (C=O) groups excluding carboxylic acids is 1. The number of aryl methyl sites for hydroxylation is 1. The van der Waals surface area contributed by atoms with Crippen molar-refractivity contribution in [3.05, 3.63) is 80.6 Å². The molecule has 0 spiro atoms. The van der Waals surface area contributed by atoms with Crippen molar-refractivity contribution < 1.29 is 18.9 Å². The molecule has 154 valence electrons. The van der Waals surface area contributed by atoms with Gasteiger partial charge < -0.3 is 9.15 Å². The maximum absolute atomic E-state index is 11.9. The fourth-order valence-corrected chi connectivity index (χ4v) is 2.88. The highest BCUT2D eigenvalue weighted by molar-refractivity contribution is 6.33. The number of nitro groups is 1. The zero-order valence-corrected chi connectivity index (χ0v) is 17.0. The van der Waals surface area contributed by atoms with Crippen LogP contribution in [0.1, 0.15) is 16.9 Å². The normalized spacial score (nSPS) is 10.9. The van der Waals surface area contributed by atoms with E-state index in [2.05, 4.69) is 10.5 Å². The first kappa shape index (κ1) is 21.1. The molecular weight excluding hydrogens is 410 g/mol. The summed E-state index contributed by atoms with van der Waals surface area (Å²) in [6.07, 6.45) is 1.33. The van der Waals surface area contributed by atoms with Crippen molar-refractivity contribution in [2.45, 2.75) is 13.8 Å². The summed E-state index contributed by atoms with van der Waals surface area (Å²) in [4.78, 5) is 22.2. The van der Waals surface area contributed by atoms with E-state index < -0.39 is 10.8 Å². The van der Waals surface area contributed by atoms with Crippen LogP contribution in [0.4, 0.5) is 5.69 Å². The Kier molecular flexibility index (Phi) is 6.48. The Bertz CT molecular complexity index is 1120. The lowest BCUT2D eigenvalue weighted by Crippen LogP contribution is -2.24. The van der Waals surface area contributed by atoms with Gasteiger partial charge in [-0.3, -0.25) is 14.9 Å². The number of hydrogen-bond acceptors (Lipinski definition) is 6. The number of furan rings is 1. The fourth-order valence-electron chi connectivity index (χ4n) is 2.61. The van der Waals surface area contributed by atoms with Crippen molar-refractivity contribution >= 4 is 29.4 Å². The van der Waals surface area contributed by atoms with Gasteiger partial charge in [-0.05, 0) is 49.2 Å². The van der Waals surface area contributed by atoms with Gasteiger partial charge in [-0.1, -0.05) is 23.7 Å². The minimum atomic E-state index is -0.525. The van der Waals surface area contributed by atoms with E-state index in [9.17, 15) is 14.9 Å². The van der Waals surface area contributed by atoms with E-state index in [1.165, 1.54) is 24.4 Å². The third-order valence-electron chi connectivity index (χ3n) is 4.35. The first-order valence-corrected chi connectivity index (χ1v) is 9.28. The summed E-state index contributed by atoms with van der Waals surface area (Å²) in [5.41, 5.74) is 4.81. The van der Waals surface area contributed by atoms with E-state index in [0.29, 0.717) is 22.8 Å². The molecule has 3 aromatic rings. The molecule has 0 aliphatic rings. The molecule has 9 heteroatoms. The molecular formula is C21H18ClN3O5.